The predicted octanol–water partition coefficient (Wildman–Crippen LogP) is 1.80. The van der Waals surface area contributed by atoms with Crippen LogP contribution in [0.2, 0.25) is 0 Å². The van der Waals surface area contributed by atoms with E-state index in [1.807, 2.05) is 6.07 Å². The van der Waals surface area contributed by atoms with Crippen molar-refractivity contribution in [3.8, 4) is 0 Å². The second kappa shape index (κ2) is 4.13. The number of pyridine rings is 1. The fourth-order valence-electron chi connectivity index (χ4n) is 2.10. The van der Waals surface area contributed by atoms with E-state index in [2.05, 4.69) is 4.98 Å². The number of aliphatic carboxylic acids is 1. The van der Waals surface area contributed by atoms with Crippen molar-refractivity contribution < 1.29 is 14.7 Å². The molecule has 4 nitrogen and oxygen atoms in total. The molecule has 1 N–H and O–H groups in total. The van der Waals surface area contributed by atoms with Gasteiger partial charge in [0, 0.05) is 12.6 Å². The molecule has 1 heterocycles. The second-order valence-electron chi connectivity index (χ2n) is 4.36. The van der Waals surface area contributed by atoms with Crippen LogP contribution in [0, 0.1) is 0 Å². The van der Waals surface area contributed by atoms with Crippen molar-refractivity contribution in [2.45, 2.75) is 25.2 Å². The van der Waals surface area contributed by atoms with Gasteiger partial charge in [-0.25, -0.2) is 0 Å². The van der Waals surface area contributed by atoms with Gasteiger partial charge in [0.25, 0.3) is 0 Å². The summed E-state index contributed by atoms with van der Waals surface area (Å²) in [7, 11) is 0. The Labute approximate surface area is 99.0 Å². The van der Waals surface area contributed by atoms with Gasteiger partial charge in [0.15, 0.2) is 5.78 Å². The van der Waals surface area contributed by atoms with Gasteiger partial charge in [0.05, 0.1) is 11.1 Å². The molecule has 1 aromatic heterocycles. The molecule has 88 valence electrons. The lowest BCUT2D eigenvalue weighted by molar-refractivity contribution is -0.137. The van der Waals surface area contributed by atoms with Crippen LogP contribution in [-0.4, -0.2) is 21.8 Å². The highest BCUT2D eigenvalue weighted by Gasteiger charge is 2.37. The number of aromatic nitrogens is 1. The van der Waals surface area contributed by atoms with Crippen molar-refractivity contribution in [3.05, 3.63) is 35.7 Å². The first-order valence-electron chi connectivity index (χ1n) is 5.44. The van der Waals surface area contributed by atoms with E-state index < -0.39 is 11.4 Å². The molecule has 0 saturated heterocycles. The molecule has 17 heavy (non-hydrogen) atoms. The van der Waals surface area contributed by atoms with E-state index in [1.54, 1.807) is 25.3 Å². The molecule has 4 heteroatoms. The van der Waals surface area contributed by atoms with Crippen molar-refractivity contribution in [2.75, 3.05) is 0 Å². The Hall–Kier alpha value is -1.97. The normalized spacial score (nSPS) is 22.3. The van der Waals surface area contributed by atoms with Crippen molar-refractivity contribution in [1.29, 1.82) is 0 Å². The predicted molar refractivity (Wildman–Crippen MR) is 62.5 cm³/mol. The fraction of sp³-hybridized carbons (Fsp3) is 0.308. The second-order valence-corrected chi connectivity index (χ2v) is 4.36. The van der Waals surface area contributed by atoms with E-state index in [9.17, 15) is 9.59 Å². The molecule has 0 aromatic carbocycles. The quantitative estimate of drug-likeness (QED) is 0.861. The number of carbonyl (C=O) groups is 2. The highest BCUT2D eigenvalue weighted by Crippen LogP contribution is 2.35. The first-order chi connectivity index (χ1) is 8.04. The number of carboxylic acid groups (broad SMARTS) is 1. The van der Waals surface area contributed by atoms with Crippen molar-refractivity contribution >= 4 is 17.8 Å². The molecule has 0 unspecified atom stereocenters. The average molecular weight is 231 g/mol. The van der Waals surface area contributed by atoms with Crippen LogP contribution in [0.25, 0.3) is 6.08 Å². The smallest absolute Gasteiger partial charge is 0.303 e. The summed E-state index contributed by atoms with van der Waals surface area (Å²) in [4.78, 5) is 26.8. The zero-order chi connectivity index (χ0) is 12.5. The molecule has 0 bridgehead atoms. The number of carboxylic acids is 1. The van der Waals surface area contributed by atoms with Crippen LogP contribution in [-0.2, 0) is 15.0 Å². The molecule has 0 spiro atoms. The topological polar surface area (TPSA) is 67.3 Å². The third kappa shape index (κ3) is 1.98. The molecule has 0 saturated carbocycles. The molecule has 0 aliphatic heterocycles. The maximum atomic E-state index is 12.0. The molecule has 1 aliphatic rings. The molecule has 0 fully saturated rings. The lowest BCUT2D eigenvalue weighted by Gasteiger charge is -2.30. The standard InChI is InChI=1S/C13H13NO3/c1-13(7-6-12(16)17)9-3-2-8-14-10(9)4-5-11(13)15/h2-5,8H,6-7H2,1H3,(H,16,17)/t13-/m1/s1. The summed E-state index contributed by atoms with van der Waals surface area (Å²) in [6.45, 7) is 1.78. The number of allylic oxidation sites excluding steroid dienone is 1. The highest BCUT2D eigenvalue weighted by atomic mass is 16.4. The minimum atomic E-state index is -0.890. The molecule has 0 amide bonds. The SMILES string of the molecule is C[C@]1(CCC(=O)O)C(=O)C=Cc2ncccc21. The number of hydrogen-bond donors (Lipinski definition) is 1. The maximum Gasteiger partial charge on any atom is 0.303 e. The number of ketones is 1. The summed E-state index contributed by atoms with van der Waals surface area (Å²) in [5, 5.41) is 8.75. The molecule has 1 aromatic rings. The maximum absolute atomic E-state index is 12.0. The van der Waals surface area contributed by atoms with Gasteiger partial charge in [0.2, 0.25) is 0 Å². The number of carbonyl (C=O) groups excluding carboxylic acids is 1. The summed E-state index contributed by atoms with van der Waals surface area (Å²) in [6.07, 6.45) is 5.10. The Morgan fingerprint density at radius 2 is 2.24 bits per heavy atom. The van der Waals surface area contributed by atoms with Gasteiger partial charge in [-0.1, -0.05) is 6.07 Å². The van der Waals surface area contributed by atoms with Crippen LogP contribution in [0.4, 0.5) is 0 Å². The van der Waals surface area contributed by atoms with Gasteiger partial charge in [-0.15, -0.1) is 0 Å². The van der Waals surface area contributed by atoms with Crippen molar-refractivity contribution in [2.24, 2.45) is 0 Å². The zero-order valence-corrected chi connectivity index (χ0v) is 9.51. The van der Waals surface area contributed by atoms with Gasteiger partial charge in [-0.2, -0.15) is 0 Å². The van der Waals surface area contributed by atoms with Crippen LogP contribution in [0.3, 0.4) is 0 Å². The Balaban J connectivity index is 2.41. The summed E-state index contributed by atoms with van der Waals surface area (Å²) < 4.78 is 0. The molecular weight excluding hydrogens is 218 g/mol. The van der Waals surface area contributed by atoms with Crippen LogP contribution in [0.15, 0.2) is 24.4 Å². The van der Waals surface area contributed by atoms with Gasteiger partial charge >= 0.3 is 5.97 Å². The largest absolute Gasteiger partial charge is 0.481 e. The summed E-state index contributed by atoms with van der Waals surface area (Å²) in [5.41, 5.74) is 0.797. The minimum absolute atomic E-state index is 0.0234. The molecule has 1 aliphatic carbocycles. The Bertz CT molecular complexity index is 507. The van der Waals surface area contributed by atoms with Gasteiger partial charge in [-0.05, 0) is 37.1 Å². The van der Waals surface area contributed by atoms with Crippen LogP contribution < -0.4 is 0 Å². The van der Waals surface area contributed by atoms with E-state index in [0.717, 1.165) is 11.3 Å². The average Bonchev–Trinajstić information content (AvgIpc) is 2.32. The Kier molecular flexibility index (Phi) is 2.79. The third-order valence-corrected chi connectivity index (χ3v) is 3.21. The van der Waals surface area contributed by atoms with E-state index in [1.165, 1.54) is 6.08 Å². The number of hydrogen-bond acceptors (Lipinski definition) is 3. The highest BCUT2D eigenvalue weighted by molar-refractivity contribution is 6.04. The summed E-state index contributed by atoms with van der Waals surface area (Å²) in [6, 6.07) is 3.61. The van der Waals surface area contributed by atoms with Gasteiger partial charge in [0.1, 0.15) is 0 Å². The Morgan fingerprint density at radius 1 is 1.47 bits per heavy atom. The van der Waals surface area contributed by atoms with E-state index in [0.29, 0.717) is 6.42 Å². The monoisotopic (exact) mass is 231 g/mol. The Morgan fingerprint density at radius 3 is 2.94 bits per heavy atom. The zero-order valence-electron chi connectivity index (χ0n) is 9.51. The first-order valence-corrected chi connectivity index (χ1v) is 5.44. The van der Waals surface area contributed by atoms with E-state index in [4.69, 9.17) is 5.11 Å². The van der Waals surface area contributed by atoms with Gasteiger partial charge in [-0.3, -0.25) is 14.6 Å². The summed E-state index contributed by atoms with van der Waals surface area (Å²) in [5.74, 6) is -0.946. The third-order valence-electron chi connectivity index (χ3n) is 3.21. The lowest BCUT2D eigenvalue weighted by atomic mass is 9.72. The molecule has 1 atom stereocenters. The summed E-state index contributed by atoms with van der Waals surface area (Å²) >= 11 is 0. The van der Waals surface area contributed by atoms with Crippen LogP contribution in [0.1, 0.15) is 31.0 Å². The molecule has 0 radical (unpaired) electrons. The molecular formula is C13H13NO3. The number of rotatable bonds is 3. The van der Waals surface area contributed by atoms with Gasteiger partial charge < -0.3 is 5.11 Å². The molecule has 2 rings (SSSR count). The van der Waals surface area contributed by atoms with Crippen molar-refractivity contribution in [1.82, 2.24) is 4.98 Å². The van der Waals surface area contributed by atoms with E-state index in [-0.39, 0.29) is 12.2 Å². The van der Waals surface area contributed by atoms with Crippen molar-refractivity contribution in [3.63, 3.8) is 0 Å². The first kappa shape index (κ1) is 11.5. The number of fused-ring (bicyclic) bond motifs is 1. The minimum Gasteiger partial charge on any atom is -0.481 e. The number of nitrogens with zero attached hydrogens (tertiary/aromatic N) is 1. The van der Waals surface area contributed by atoms with Crippen LogP contribution in [0.5, 0.6) is 0 Å². The fourth-order valence-corrected chi connectivity index (χ4v) is 2.10. The van der Waals surface area contributed by atoms with Crippen LogP contribution >= 0.6 is 0 Å². The lowest BCUT2D eigenvalue weighted by Crippen LogP contribution is -2.35. The van der Waals surface area contributed by atoms with E-state index >= 15 is 0 Å².